The van der Waals surface area contributed by atoms with E-state index < -0.39 is 0 Å². The molecule has 3 rings (SSSR count). The van der Waals surface area contributed by atoms with E-state index in [0.29, 0.717) is 16.6 Å². The highest BCUT2D eigenvalue weighted by molar-refractivity contribution is 5.82. The first-order valence-electron chi connectivity index (χ1n) is 6.48. The molecule has 0 atom stereocenters. The van der Waals surface area contributed by atoms with Crippen LogP contribution in [-0.4, -0.2) is 19.1 Å². The third-order valence-electron chi connectivity index (χ3n) is 3.35. The van der Waals surface area contributed by atoms with Crippen LogP contribution >= 0.6 is 0 Å². The van der Waals surface area contributed by atoms with Crippen molar-refractivity contribution in [2.75, 3.05) is 19.0 Å². The molecule has 0 N–H and O–H groups in total. The van der Waals surface area contributed by atoms with Crippen LogP contribution in [0.25, 0.3) is 22.2 Å². The zero-order chi connectivity index (χ0) is 14.1. The van der Waals surface area contributed by atoms with E-state index >= 15 is 0 Å². The molecule has 1 aromatic heterocycles. The van der Waals surface area contributed by atoms with E-state index in [4.69, 9.17) is 0 Å². The monoisotopic (exact) mass is 266 g/mol. The molecule has 0 aliphatic carbocycles. The molecule has 0 fully saturated rings. The molecule has 0 radical (unpaired) electrons. The number of para-hydroxylation sites is 1. The molecule has 3 aromatic rings. The molecule has 0 amide bonds. The molecule has 0 unspecified atom stereocenters. The first-order valence-corrected chi connectivity index (χ1v) is 6.48. The summed E-state index contributed by atoms with van der Waals surface area (Å²) in [5.41, 5.74) is 3.36. The van der Waals surface area contributed by atoms with E-state index in [0.717, 1.165) is 11.3 Å². The van der Waals surface area contributed by atoms with Crippen molar-refractivity contribution < 1.29 is 4.39 Å². The standard InChI is InChI=1S/C17H15FN2/c1-20(2)13-9-7-12(8-10-13)17-11-15(18)14-5-3-4-6-16(14)19-17/h3-11H,1-2H3. The maximum Gasteiger partial charge on any atom is 0.134 e. The lowest BCUT2D eigenvalue weighted by Crippen LogP contribution is -2.07. The van der Waals surface area contributed by atoms with Crippen LogP contribution in [0, 0.1) is 5.82 Å². The average molecular weight is 266 g/mol. The van der Waals surface area contributed by atoms with Gasteiger partial charge in [0.25, 0.3) is 0 Å². The van der Waals surface area contributed by atoms with Gasteiger partial charge in [0.1, 0.15) is 5.82 Å². The Morgan fingerprint density at radius 1 is 0.950 bits per heavy atom. The van der Waals surface area contributed by atoms with E-state index in [1.54, 1.807) is 6.07 Å². The number of rotatable bonds is 2. The van der Waals surface area contributed by atoms with Gasteiger partial charge < -0.3 is 4.90 Å². The van der Waals surface area contributed by atoms with Crippen molar-refractivity contribution >= 4 is 16.6 Å². The lowest BCUT2D eigenvalue weighted by Gasteiger charge is -2.12. The van der Waals surface area contributed by atoms with Gasteiger partial charge in [-0.2, -0.15) is 0 Å². The average Bonchev–Trinajstić information content (AvgIpc) is 2.47. The summed E-state index contributed by atoms with van der Waals surface area (Å²) >= 11 is 0. The third kappa shape index (κ3) is 2.23. The van der Waals surface area contributed by atoms with E-state index in [-0.39, 0.29) is 5.82 Å². The van der Waals surface area contributed by atoms with Gasteiger partial charge in [0.15, 0.2) is 0 Å². The van der Waals surface area contributed by atoms with Crippen molar-refractivity contribution in [2.24, 2.45) is 0 Å². The van der Waals surface area contributed by atoms with Crippen LogP contribution in [0.1, 0.15) is 0 Å². The molecule has 100 valence electrons. The van der Waals surface area contributed by atoms with Crippen LogP contribution in [0.15, 0.2) is 54.6 Å². The lowest BCUT2D eigenvalue weighted by molar-refractivity contribution is 0.639. The van der Waals surface area contributed by atoms with E-state index in [9.17, 15) is 4.39 Å². The number of nitrogens with zero attached hydrogens (tertiary/aromatic N) is 2. The zero-order valence-corrected chi connectivity index (χ0v) is 11.5. The van der Waals surface area contributed by atoms with E-state index in [1.807, 2.05) is 61.5 Å². The molecule has 0 aliphatic rings. The molecular weight excluding hydrogens is 251 g/mol. The fraction of sp³-hybridized carbons (Fsp3) is 0.118. The first-order chi connectivity index (χ1) is 9.65. The zero-order valence-electron chi connectivity index (χ0n) is 11.5. The number of halogens is 1. The third-order valence-corrected chi connectivity index (χ3v) is 3.35. The lowest BCUT2D eigenvalue weighted by atomic mass is 10.1. The first kappa shape index (κ1) is 12.6. The highest BCUT2D eigenvalue weighted by Gasteiger charge is 2.07. The van der Waals surface area contributed by atoms with Gasteiger partial charge in [0, 0.05) is 36.8 Å². The molecule has 2 aromatic carbocycles. The molecule has 3 heteroatoms. The molecule has 0 aliphatic heterocycles. The Labute approximate surface area is 117 Å². The summed E-state index contributed by atoms with van der Waals surface area (Å²) < 4.78 is 14.1. The molecule has 0 bridgehead atoms. The van der Waals surface area contributed by atoms with Gasteiger partial charge >= 0.3 is 0 Å². The Kier molecular flexibility index (Phi) is 3.11. The maximum atomic E-state index is 14.1. The predicted molar refractivity (Wildman–Crippen MR) is 81.5 cm³/mol. The second-order valence-corrected chi connectivity index (χ2v) is 4.95. The summed E-state index contributed by atoms with van der Waals surface area (Å²) in [6.45, 7) is 0. The van der Waals surface area contributed by atoms with Crippen LogP contribution in [0.2, 0.25) is 0 Å². The Morgan fingerprint density at radius 3 is 2.35 bits per heavy atom. The van der Waals surface area contributed by atoms with Gasteiger partial charge in [0.2, 0.25) is 0 Å². The number of hydrogen-bond acceptors (Lipinski definition) is 2. The van der Waals surface area contributed by atoms with Gasteiger partial charge in [-0.15, -0.1) is 0 Å². The number of benzene rings is 2. The van der Waals surface area contributed by atoms with Crippen LogP contribution < -0.4 is 4.90 Å². The summed E-state index contributed by atoms with van der Waals surface area (Å²) in [7, 11) is 3.98. The molecule has 20 heavy (non-hydrogen) atoms. The highest BCUT2D eigenvalue weighted by Crippen LogP contribution is 2.25. The fourth-order valence-electron chi connectivity index (χ4n) is 2.21. The fourth-order valence-corrected chi connectivity index (χ4v) is 2.21. The van der Waals surface area contributed by atoms with Crippen LogP contribution in [-0.2, 0) is 0 Å². The van der Waals surface area contributed by atoms with Crippen molar-refractivity contribution in [2.45, 2.75) is 0 Å². The van der Waals surface area contributed by atoms with Crippen molar-refractivity contribution in [3.05, 3.63) is 60.4 Å². The molecule has 0 spiro atoms. The van der Waals surface area contributed by atoms with Crippen LogP contribution in [0.5, 0.6) is 0 Å². The summed E-state index contributed by atoms with van der Waals surface area (Å²) in [5.74, 6) is -0.234. The summed E-state index contributed by atoms with van der Waals surface area (Å²) in [5, 5.41) is 0.557. The quantitative estimate of drug-likeness (QED) is 0.694. The molecule has 0 saturated heterocycles. The van der Waals surface area contributed by atoms with Crippen molar-refractivity contribution in [1.82, 2.24) is 4.98 Å². The molecule has 1 heterocycles. The summed E-state index contributed by atoms with van der Waals surface area (Å²) in [4.78, 5) is 6.55. The Balaban J connectivity index is 2.10. The van der Waals surface area contributed by atoms with E-state index in [2.05, 4.69) is 4.98 Å². The van der Waals surface area contributed by atoms with Crippen LogP contribution in [0.3, 0.4) is 0 Å². The number of anilines is 1. The number of fused-ring (bicyclic) bond motifs is 1. The van der Waals surface area contributed by atoms with Crippen molar-refractivity contribution in [3.63, 3.8) is 0 Å². The van der Waals surface area contributed by atoms with Gasteiger partial charge in [-0.25, -0.2) is 9.37 Å². The number of aromatic nitrogens is 1. The number of pyridine rings is 1. The van der Waals surface area contributed by atoms with Gasteiger partial charge in [-0.1, -0.05) is 24.3 Å². The van der Waals surface area contributed by atoms with Gasteiger partial charge in [-0.3, -0.25) is 0 Å². The predicted octanol–water partition coefficient (Wildman–Crippen LogP) is 4.11. The molecule has 0 saturated carbocycles. The van der Waals surface area contributed by atoms with Gasteiger partial charge in [-0.05, 0) is 24.3 Å². The largest absolute Gasteiger partial charge is 0.378 e. The summed E-state index contributed by atoms with van der Waals surface area (Å²) in [6.07, 6.45) is 0. The minimum absolute atomic E-state index is 0.234. The second-order valence-electron chi connectivity index (χ2n) is 4.95. The second kappa shape index (κ2) is 4.93. The van der Waals surface area contributed by atoms with E-state index in [1.165, 1.54) is 6.07 Å². The maximum absolute atomic E-state index is 14.1. The van der Waals surface area contributed by atoms with Crippen LogP contribution in [0.4, 0.5) is 10.1 Å². The Hall–Kier alpha value is -2.42. The normalized spacial score (nSPS) is 10.8. The highest BCUT2D eigenvalue weighted by atomic mass is 19.1. The smallest absolute Gasteiger partial charge is 0.134 e. The minimum Gasteiger partial charge on any atom is -0.378 e. The Bertz CT molecular complexity index is 749. The van der Waals surface area contributed by atoms with Gasteiger partial charge in [0.05, 0.1) is 11.2 Å². The minimum atomic E-state index is -0.234. The Morgan fingerprint density at radius 2 is 1.65 bits per heavy atom. The molecular formula is C17H15FN2. The topological polar surface area (TPSA) is 16.1 Å². The summed E-state index contributed by atoms with van der Waals surface area (Å²) in [6, 6.07) is 16.7. The number of hydrogen-bond donors (Lipinski definition) is 0. The van der Waals surface area contributed by atoms with Crippen molar-refractivity contribution in [3.8, 4) is 11.3 Å². The molecule has 2 nitrogen and oxygen atoms in total. The van der Waals surface area contributed by atoms with Crippen molar-refractivity contribution in [1.29, 1.82) is 0 Å². The SMILES string of the molecule is CN(C)c1ccc(-c2cc(F)c3ccccc3n2)cc1.